The second-order valence-electron chi connectivity index (χ2n) is 8.89. The van der Waals surface area contributed by atoms with Crippen molar-refractivity contribution in [3.8, 4) is 46.0 Å². The van der Waals surface area contributed by atoms with Gasteiger partial charge in [-0.2, -0.15) is 0 Å². The predicted molar refractivity (Wildman–Crippen MR) is 174 cm³/mol. The lowest BCUT2D eigenvalue weighted by Crippen LogP contribution is -2.12. The van der Waals surface area contributed by atoms with Gasteiger partial charge >= 0.3 is 11.9 Å². The molecule has 0 unspecified atom stereocenters. The molecule has 0 radical (unpaired) electrons. The minimum Gasteiger partial charge on any atom is -0.490 e. The van der Waals surface area contributed by atoms with Gasteiger partial charge in [0.1, 0.15) is 0 Å². The van der Waals surface area contributed by atoms with Crippen LogP contribution >= 0.6 is 24.1 Å². The lowest BCUT2D eigenvalue weighted by Gasteiger charge is -2.21. The second kappa shape index (κ2) is 19.0. The van der Waals surface area contributed by atoms with E-state index in [1.165, 1.54) is 0 Å². The minimum absolute atomic E-state index is 0.0772. The van der Waals surface area contributed by atoms with E-state index in [1.807, 2.05) is 13.8 Å². The number of benzene rings is 2. The second-order valence-corrected chi connectivity index (χ2v) is 10.7. The van der Waals surface area contributed by atoms with E-state index in [-0.39, 0.29) is 85.3 Å². The maximum Gasteiger partial charge on any atom is 0.338 e. The number of carbonyl (C=O) groups excluding carboxylic acids is 2. The quantitative estimate of drug-likeness (QED) is 0.0593. The standard InChI is InChI=1S/C32H42O11S2/c1-11-35-21-17-23(27(37-13-3)29(39-15-5)25(21)41-31(33)19(7)8)44-43-45-24-18-22(36-12-2)26(42-32(34)20(9)10)30(40-16-6)28(24)38-14-4/h17-18H,7,9,11-16H2,1-6,8,10H3. The Hall–Kier alpha value is -3.68. The fourth-order valence-corrected chi connectivity index (χ4v) is 5.05. The first-order valence-electron chi connectivity index (χ1n) is 14.5. The van der Waals surface area contributed by atoms with Gasteiger partial charge in [0.2, 0.25) is 23.0 Å². The van der Waals surface area contributed by atoms with Gasteiger partial charge in [-0.1, -0.05) is 13.2 Å². The highest BCUT2D eigenvalue weighted by molar-refractivity contribution is 8.08. The normalized spacial score (nSPS) is 10.5. The molecule has 0 heterocycles. The molecule has 248 valence electrons. The van der Waals surface area contributed by atoms with Gasteiger partial charge in [0.25, 0.3) is 0 Å². The van der Waals surface area contributed by atoms with Crippen LogP contribution in [0.25, 0.3) is 0 Å². The average Bonchev–Trinajstić information content (AvgIpc) is 2.99. The number of hydrogen-bond donors (Lipinski definition) is 0. The summed E-state index contributed by atoms with van der Waals surface area (Å²) in [4.78, 5) is 26.0. The highest BCUT2D eigenvalue weighted by Gasteiger charge is 2.29. The van der Waals surface area contributed by atoms with E-state index in [9.17, 15) is 9.59 Å². The van der Waals surface area contributed by atoms with E-state index >= 15 is 0 Å². The van der Waals surface area contributed by atoms with Crippen LogP contribution in [0.2, 0.25) is 0 Å². The molecule has 0 aliphatic carbocycles. The van der Waals surface area contributed by atoms with Gasteiger partial charge < -0.3 is 37.9 Å². The third-order valence-electron chi connectivity index (χ3n) is 5.33. The summed E-state index contributed by atoms with van der Waals surface area (Å²) in [6.45, 7) is 22.9. The Kier molecular flexibility index (Phi) is 15.8. The van der Waals surface area contributed by atoms with E-state index in [0.29, 0.717) is 21.3 Å². The SMILES string of the molecule is C=C(C)C(=O)Oc1c(OCC)cc(SOSc2cc(OCC)c(OC(=O)C(=C)C)c(OCC)c2OCC)c(OCC)c1OCC. The van der Waals surface area contributed by atoms with Gasteiger partial charge in [0.15, 0.2) is 23.0 Å². The lowest BCUT2D eigenvalue weighted by atomic mass is 10.2. The molecule has 0 aliphatic rings. The van der Waals surface area contributed by atoms with Crippen molar-refractivity contribution in [3.05, 3.63) is 36.4 Å². The molecule has 0 N–H and O–H groups in total. The van der Waals surface area contributed by atoms with Crippen molar-refractivity contribution in [1.29, 1.82) is 0 Å². The zero-order chi connectivity index (χ0) is 33.5. The van der Waals surface area contributed by atoms with Gasteiger partial charge in [-0.15, -0.1) is 0 Å². The summed E-state index contributed by atoms with van der Waals surface area (Å²) < 4.78 is 52.6. The van der Waals surface area contributed by atoms with Crippen LogP contribution in [0.1, 0.15) is 55.4 Å². The first-order chi connectivity index (χ1) is 21.6. The van der Waals surface area contributed by atoms with Gasteiger partial charge in [-0.3, -0.25) is 0 Å². The molecule has 2 aromatic carbocycles. The van der Waals surface area contributed by atoms with Crippen LogP contribution in [0.15, 0.2) is 46.2 Å². The average molecular weight is 667 g/mol. The van der Waals surface area contributed by atoms with E-state index in [0.717, 1.165) is 24.1 Å². The molecule has 45 heavy (non-hydrogen) atoms. The third kappa shape index (κ3) is 10.2. The molecule has 2 rings (SSSR count). The Labute approximate surface area is 273 Å². The summed E-state index contributed by atoms with van der Waals surface area (Å²) in [7, 11) is 0. The van der Waals surface area contributed by atoms with Crippen LogP contribution in [0.5, 0.6) is 46.0 Å². The smallest absolute Gasteiger partial charge is 0.338 e. The Bertz CT molecular complexity index is 1260. The third-order valence-corrected chi connectivity index (χ3v) is 6.84. The molecule has 0 saturated heterocycles. The molecule has 0 atom stereocenters. The highest BCUT2D eigenvalue weighted by atomic mass is 32.2. The van der Waals surface area contributed by atoms with E-state index in [1.54, 1.807) is 53.7 Å². The van der Waals surface area contributed by atoms with Crippen molar-refractivity contribution in [1.82, 2.24) is 0 Å². The number of carbonyl (C=O) groups is 2. The van der Waals surface area contributed by atoms with Crippen molar-refractivity contribution in [2.75, 3.05) is 39.6 Å². The maximum absolute atomic E-state index is 12.5. The Morgan fingerprint density at radius 3 is 1.13 bits per heavy atom. The van der Waals surface area contributed by atoms with Crippen molar-refractivity contribution in [2.24, 2.45) is 0 Å². The lowest BCUT2D eigenvalue weighted by molar-refractivity contribution is -0.131. The van der Waals surface area contributed by atoms with Crippen molar-refractivity contribution < 1.29 is 51.1 Å². The Morgan fingerprint density at radius 1 is 0.533 bits per heavy atom. The van der Waals surface area contributed by atoms with Crippen molar-refractivity contribution in [3.63, 3.8) is 0 Å². The molecule has 0 spiro atoms. The summed E-state index contributed by atoms with van der Waals surface area (Å²) in [6, 6.07) is 3.29. The van der Waals surface area contributed by atoms with Crippen LogP contribution < -0.4 is 37.9 Å². The van der Waals surface area contributed by atoms with Gasteiger partial charge in [-0.25, -0.2) is 13.2 Å². The van der Waals surface area contributed by atoms with Gasteiger partial charge in [0.05, 0.1) is 49.4 Å². The molecule has 0 amide bonds. The number of hydrogen-bond acceptors (Lipinski definition) is 13. The van der Waals surface area contributed by atoms with Gasteiger partial charge in [0, 0.05) is 47.4 Å². The molecule has 2 aromatic rings. The summed E-state index contributed by atoms with van der Waals surface area (Å²) in [5.41, 5.74) is 0.416. The van der Waals surface area contributed by atoms with Crippen LogP contribution in [0.3, 0.4) is 0 Å². The fourth-order valence-electron chi connectivity index (χ4n) is 3.56. The summed E-state index contributed by atoms with van der Waals surface area (Å²) in [5.74, 6) is 0.369. The molecule has 0 saturated carbocycles. The summed E-state index contributed by atoms with van der Waals surface area (Å²) >= 11 is 1.93. The first kappa shape index (κ1) is 37.5. The zero-order valence-electron chi connectivity index (χ0n) is 27.1. The summed E-state index contributed by atoms with van der Waals surface area (Å²) in [5, 5.41) is 0. The van der Waals surface area contributed by atoms with E-state index in [2.05, 4.69) is 13.2 Å². The fraction of sp³-hybridized carbons (Fsp3) is 0.438. The molecule has 13 heteroatoms. The molecule has 11 nitrogen and oxygen atoms in total. The van der Waals surface area contributed by atoms with Gasteiger partial charge in [-0.05, 0) is 55.4 Å². The van der Waals surface area contributed by atoms with E-state index in [4.69, 9.17) is 41.5 Å². The number of esters is 2. The van der Waals surface area contributed by atoms with E-state index < -0.39 is 11.9 Å². The summed E-state index contributed by atoms with van der Waals surface area (Å²) in [6.07, 6.45) is 0. The van der Waals surface area contributed by atoms with Crippen LogP contribution in [0, 0.1) is 0 Å². The Balaban J connectivity index is 2.62. The first-order valence-corrected chi connectivity index (χ1v) is 16.0. The van der Waals surface area contributed by atoms with Crippen LogP contribution in [0.4, 0.5) is 0 Å². The molecule has 0 fully saturated rings. The Morgan fingerprint density at radius 2 is 0.844 bits per heavy atom. The van der Waals surface area contributed by atoms with Crippen molar-refractivity contribution >= 4 is 36.0 Å². The topological polar surface area (TPSA) is 117 Å². The number of ether oxygens (including phenoxy) is 8. The van der Waals surface area contributed by atoms with Crippen LogP contribution in [-0.4, -0.2) is 51.6 Å². The highest BCUT2D eigenvalue weighted by Crippen LogP contribution is 2.54. The van der Waals surface area contributed by atoms with Crippen LogP contribution in [-0.2, 0) is 13.2 Å². The largest absolute Gasteiger partial charge is 0.490 e. The molecule has 0 aromatic heterocycles. The molecule has 0 bridgehead atoms. The monoisotopic (exact) mass is 666 g/mol. The zero-order valence-corrected chi connectivity index (χ0v) is 28.8. The minimum atomic E-state index is -0.636. The molecule has 0 aliphatic heterocycles. The molecular formula is C32H42O11S2. The number of rotatable bonds is 20. The molecular weight excluding hydrogens is 624 g/mol. The predicted octanol–water partition coefficient (Wildman–Crippen LogP) is 7.77. The maximum atomic E-state index is 12.5. The van der Waals surface area contributed by atoms with Crippen molar-refractivity contribution in [2.45, 2.75) is 65.2 Å².